The summed E-state index contributed by atoms with van der Waals surface area (Å²) in [5.74, 6) is -0.328. The van der Waals surface area contributed by atoms with E-state index in [1.54, 1.807) is 7.11 Å². The second-order valence-corrected chi connectivity index (χ2v) is 6.28. The average Bonchev–Trinajstić information content (AvgIpc) is 2.93. The predicted molar refractivity (Wildman–Crippen MR) is 69.8 cm³/mol. The first-order valence-corrected chi connectivity index (χ1v) is 7.83. The fraction of sp³-hybridized carbons (Fsp3) is 0.636. The van der Waals surface area contributed by atoms with Crippen LogP contribution in [0.1, 0.15) is 19.3 Å². The molecule has 1 aliphatic heterocycles. The number of H-pyrrole nitrogens is 1. The van der Waals surface area contributed by atoms with Crippen molar-refractivity contribution in [3.8, 4) is 0 Å². The van der Waals surface area contributed by atoms with Gasteiger partial charge in [0.05, 0.1) is 7.11 Å². The van der Waals surface area contributed by atoms with E-state index in [1.165, 1.54) is 12.4 Å². The lowest BCUT2D eigenvalue weighted by atomic mass is 9.94. The molecule has 0 aromatic carbocycles. The van der Waals surface area contributed by atoms with Gasteiger partial charge in [0.1, 0.15) is 0 Å². The van der Waals surface area contributed by atoms with Crippen molar-refractivity contribution in [3.63, 3.8) is 0 Å². The van der Waals surface area contributed by atoms with Crippen LogP contribution in [0.15, 0.2) is 17.6 Å². The monoisotopic (exact) mass is 302 g/mol. The first-order chi connectivity index (χ1) is 9.51. The Morgan fingerprint density at radius 1 is 1.55 bits per heavy atom. The molecule has 0 spiro atoms. The van der Waals surface area contributed by atoms with Crippen LogP contribution in [0.5, 0.6) is 0 Å². The predicted octanol–water partition coefficient (Wildman–Crippen LogP) is -0.122. The van der Waals surface area contributed by atoms with Crippen LogP contribution in [0.4, 0.5) is 0 Å². The molecule has 0 atom stereocenters. The first-order valence-electron chi connectivity index (χ1n) is 6.35. The van der Waals surface area contributed by atoms with Crippen molar-refractivity contribution in [1.29, 1.82) is 0 Å². The number of nitrogens with zero attached hydrogens (tertiary/aromatic N) is 2. The molecule has 2 rings (SSSR count). The highest BCUT2D eigenvalue weighted by Crippen LogP contribution is 2.20. The highest BCUT2D eigenvalue weighted by Gasteiger charge is 2.25. The Morgan fingerprint density at radius 2 is 2.25 bits per heavy atom. The number of sulfonamides is 1. The molecule has 2 heterocycles. The van der Waals surface area contributed by atoms with E-state index in [9.17, 15) is 13.2 Å². The zero-order valence-corrected chi connectivity index (χ0v) is 12.0. The molecule has 0 radical (unpaired) electrons. The van der Waals surface area contributed by atoms with Crippen LogP contribution in [0.3, 0.4) is 0 Å². The van der Waals surface area contributed by atoms with Gasteiger partial charge >= 0.3 is 0 Å². The molecule has 1 saturated heterocycles. The zero-order valence-electron chi connectivity index (χ0n) is 11.2. The number of piperidine rings is 1. The van der Waals surface area contributed by atoms with Crippen LogP contribution >= 0.6 is 0 Å². The summed E-state index contributed by atoms with van der Waals surface area (Å²) in [7, 11) is -2.27. The fourth-order valence-electron chi connectivity index (χ4n) is 2.20. The molecule has 1 aromatic rings. The van der Waals surface area contributed by atoms with Gasteiger partial charge in [0.2, 0.25) is 11.1 Å². The molecule has 1 aromatic heterocycles. The molecular weight excluding hydrogens is 284 g/mol. The van der Waals surface area contributed by atoms with Gasteiger partial charge in [-0.15, -0.1) is 0 Å². The van der Waals surface area contributed by atoms with E-state index in [2.05, 4.69) is 9.97 Å². The number of imidazole rings is 1. The molecular formula is C11H18N4O4S. The first kappa shape index (κ1) is 14.9. The number of hydroxylamine groups is 2. The topological polar surface area (TPSA) is 104 Å². The summed E-state index contributed by atoms with van der Waals surface area (Å²) in [5, 5.41) is 1.58. The van der Waals surface area contributed by atoms with Crippen molar-refractivity contribution in [1.82, 2.24) is 19.8 Å². The minimum atomic E-state index is -3.88. The third-order valence-corrected chi connectivity index (χ3v) is 4.51. The molecule has 1 aliphatic rings. The van der Waals surface area contributed by atoms with Crippen molar-refractivity contribution in [2.45, 2.75) is 24.4 Å². The maximum atomic E-state index is 11.8. The van der Waals surface area contributed by atoms with E-state index in [4.69, 9.17) is 4.84 Å². The average molecular weight is 302 g/mol. The molecule has 1 amide bonds. The van der Waals surface area contributed by atoms with Crippen LogP contribution in [-0.2, 0) is 19.7 Å². The van der Waals surface area contributed by atoms with Crippen LogP contribution in [-0.4, -0.2) is 49.6 Å². The Bertz CT molecular complexity index is 535. The van der Waals surface area contributed by atoms with Gasteiger partial charge < -0.3 is 9.82 Å². The molecule has 8 nitrogen and oxygen atoms in total. The van der Waals surface area contributed by atoms with Gasteiger partial charge in [-0.25, -0.2) is 9.71 Å². The number of nitrogens with one attached hydrogen (secondary N) is 2. The van der Waals surface area contributed by atoms with Crippen LogP contribution in [0.2, 0.25) is 0 Å². The van der Waals surface area contributed by atoms with E-state index in [0.29, 0.717) is 0 Å². The number of amides is 1. The Labute approximate surface area is 117 Å². The molecule has 0 unspecified atom stereocenters. The van der Waals surface area contributed by atoms with Crippen molar-refractivity contribution < 1.29 is 18.0 Å². The van der Waals surface area contributed by atoms with Gasteiger partial charge in [-0.3, -0.25) is 4.79 Å². The molecule has 0 aliphatic carbocycles. The summed E-state index contributed by atoms with van der Waals surface area (Å²) in [4.78, 5) is 23.0. The summed E-state index contributed by atoms with van der Waals surface area (Å²) >= 11 is 0. The molecule has 2 N–H and O–H groups in total. The summed E-state index contributed by atoms with van der Waals surface area (Å²) in [6.45, 7) is 1.50. The molecule has 20 heavy (non-hydrogen) atoms. The molecule has 9 heteroatoms. The van der Waals surface area contributed by atoms with E-state index in [0.717, 1.165) is 25.9 Å². The molecule has 1 fully saturated rings. The van der Waals surface area contributed by atoms with Gasteiger partial charge in [-0.1, -0.05) is 0 Å². The van der Waals surface area contributed by atoms with Gasteiger partial charge in [0, 0.05) is 31.9 Å². The lowest BCUT2D eigenvalue weighted by Gasteiger charge is -2.29. The number of aromatic nitrogens is 2. The minimum Gasteiger partial charge on any atom is -0.334 e. The molecule has 112 valence electrons. The number of hydrogen-bond donors (Lipinski definition) is 2. The smallest absolute Gasteiger partial charge is 0.297 e. The van der Waals surface area contributed by atoms with Crippen LogP contribution in [0, 0.1) is 5.92 Å². The van der Waals surface area contributed by atoms with E-state index < -0.39 is 15.9 Å². The second-order valence-electron chi connectivity index (χ2n) is 4.68. The third kappa shape index (κ3) is 3.78. The fourth-order valence-corrected chi connectivity index (χ4v) is 3.10. The van der Waals surface area contributed by atoms with Gasteiger partial charge in [0.25, 0.3) is 10.0 Å². The zero-order chi connectivity index (χ0) is 14.6. The highest BCUT2D eigenvalue weighted by molar-refractivity contribution is 7.89. The largest absolute Gasteiger partial charge is 0.334 e. The van der Waals surface area contributed by atoms with E-state index in [1.807, 2.05) is 9.79 Å². The number of rotatable bonds is 5. The number of aromatic amines is 1. The van der Waals surface area contributed by atoms with Gasteiger partial charge in [-0.2, -0.15) is 13.5 Å². The summed E-state index contributed by atoms with van der Waals surface area (Å²) in [6.07, 6.45) is 4.51. The van der Waals surface area contributed by atoms with Crippen LogP contribution in [0.25, 0.3) is 0 Å². The lowest BCUT2D eigenvalue weighted by molar-refractivity contribution is -0.149. The summed E-state index contributed by atoms with van der Waals surface area (Å²) < 4.78 is 25.6. The number of carbonyl (C=O) groups is 1. The Balaban J connectivity index is 1.84. The Kier molecular flexibility index (Phi) is 4.73. The maximum absolute atomic E-state index is 11.8. The highest BCUT2D eigenvalue weighted by atomic mass is 32.2. The van der Waals surface area contributed by atoms with Crippen molar-refractivity contribution in [2.24, 2.45) is 5.92 Å². The SMILES string of the molecule is CON1CCC(CC(=O)NS(=O)(=O)c2ncc[nH]2)CC1. The number of carbonyl (C=O) groups excluding carboxylic acids is 1. The van der Waals surface area contributed by atoms with E-state index >= 15 is 0 Å². The van der Waals surface area contributed by atoms with Gasteiger partial charge in [0.15, 0.2) is 0 Å². The molecule has 0 bridgehead atoms. The van der Waals surface area contributed by atoms with Crippen LogP contribution < -0.4 is 4.72 Å². The maximum Gasteiger partial charge on any atom is 0.297 e. The van der Waals surface area contributed by atoms with Crippen molar-refractivity contribution in [3.05, 3.63) is 12.4 Å². The third-order valence-electron chi connectivity index (χ3n) is 3.28. The van der Waals surface area contributed by atoms with Crippen molar-refractivity contribution in [2.75, 3.05) is 20.2 Å². The summed E-state index contributed by atoms with van der Waals surface area (Å²) in [6, 6.07) is 0. The van der Waals surface area contributed by atoms with Crippen molar-refractivity contribution >= 4 is 15.9 Å². The standard InChI is InChI=1S/C11H18N4O4S/c1-19-15-6-2-9(3-7-15)8-10(16)14-20(17,18)11-12-4-5-13-11/h4-5,9H,2-3,6-8H2,1H3,(H,12,13)(H,14,16). The number of hydrogen-bond acceptors (Lipinski definition) is 6. The molecule has 0 saturated carbocycles. The van der Waals surface area contributed by atoms with Gasteiger partial charge in [-0.05, 0) is 18.8 Å². The lowest BCUT2D eigenvalue weighted by Crippen LogP contribution is -2.37. The summed E-state index contributed by atoms with van der Waals surface area (Å²) in [5.41, 5.74) is 0. The Hall–Kier alpha value is -1.45. The quantitative estimate of drug-likeness (QED) is 0.785. The minimum absolute atomic E-state index is 0.174. The Morgan fingerprint density at radius 3 is 2.80 bits per heavy atom. The van der Waals surface area contributed by atoms with E-state index in [-0.39, 0.29) is 17.5 Å². The normalized spacial score (nSPS) is 18.1. The second kappa shape index (κ2) is 6.33.